The van der Waals surface area contributed by atoms with Gasteiger partial charge in [0.05, 0.1) is 4.58 Å². The molecule has 0 aromatic heterocycles. The number of rotatable bonds is 9. The second-order valence-corrected chi connectivity index (χ2v) is 16.1. The molecule has 1 aliphatic heterocycles. The topological polar surface area (TPSA) is 9.23 Å². The quantitative estimate of drug-likeness (QED) is 0.331. The highest BCUT2D eigenvalue weighted by atomic mass is 32.2. The maximum atomic E-state index is 6.99. The summed E-state index contributed by atoms with van der Waals surface area (Å²) in [6.07, 6.45) is 6.50. The van der Waals surface area contributed by atoms with E-state index in [2.05, 4.69) is 105 Å². The van der Waals surface area contributed by atoms with Crippen LogP contribution in [0.25, 0.3) is 0 Å². The standard InChI is InChI=1S/C25H36OS2Si/c1-25(2,3)29(22-14-7-4-8-15-22,23-16-9-5-10-17-23)26-19-12-6-11-18-24-27-20-13-21-28-24/h4-5,7-10,14-17,24H,6,11-13,18-21H2,1-3H3. The first-order chi connectivity index (χ1) is 14.0. The summed E-state index contributed by atoms with van der Waals surface area (Å²) in [5.41, 5.74) is 0. The molecule has 0 radical (unpaired) electrons. The molecule has 0 unspecified atom stereocenters. The van der Waals surface area contributed by atoms with Gasteiger partial charge in [0.25, 0.3) is 8.32 Å². The first-order valence-corrected chi connectivity index (χ1v) is 15.0. The van der Waals surface area contributed by atoms with Crippen molar-refractivity contribution in [3.8, 4) is 0 Å². The van der Waals surface area contributed by atoms with E-state index in [-0.39, 0.29) is 5.04 Å². The third kappa shape index (κ3) is 5.93. The lowest BCUT2D eigenvalue weighted by Gasteiger charge is -2.43. The smallest absolute Gasteiger partial charge is 0.261 e. The van der Waals surface area contributed by atoms with Gasteiger partial charge in [0.1, 0.15) is 0 Å². The summed E-state index contributed by atoms with van der Waals surface area (Å²) in [5.74, 6) is 2.71. The van der Waals surface area contributed by atoms with Crippen LogP contribution in [0.5, 0.6) is 0 Å². The molecule has 1 fully saturated rings. The number of unbranched alkanes of at least 4 members (excludes halogenated alkanes) is 2. The van der Waals surface area contributed by atoms with Crippen molar-refractivity contribution >= 4 is 42.2 Å². The molecule has 158 valence electrons. The van der Waals surface area contributed by atoms with E-state index in [4.69, 9.17) is 4.43 Å². The molecule has 29 heavy (non-hydrogen) atoms. The third-order valence-corrected chi connectivity index (χ3v) is 13.8. The lowest BCUT2D eigenvalue weighted by molar-refractivity contribution is 0.287. The third-order valence-electron chi connectivity index (χ3n) is 5.72. The molecular weight excluding hydrogens is 408 g/mol. The Kier molecular flexibility index (Phi) is 8.79. The SMILES string of the molecule is CC(C)(C)[Si](OCCCCCC1SCCCS1)(c1ccccc1)c1ccccc1. The average molecular weight is 445 g/mol. The van der Waals surface area contributed by atoms with E-state index in [9.17, 15) is 0 Å². The zero-order valence-corrected chi connectivity index (χ0v) is 20.9. The van der Waals surface area contributed by atoms with Crippen molar-refractivity contribution in [2.24, 2.45) is 0 Å². The molecule has 4 heteroatoms. The van der Waals surface area contributed by atoms with Crippen molar-refractivity contribution < 1.29 is 4.43 Å². The van der Waals surface area contributed by atoms with Crippen molar-refractivity contribution in [3.63, 3.8) is 0 Å². The van der Waals surface area contributed by atoms with Gasteiger partial charge in [0.15, 0.2) is 0 Å². The molecule has 0 N–H and O–H groups in total. The summed E-state index contributed by atoms with van der Waals surface area (Å²) in [6.45, 7) is 7.93. The summed E-state index contributed by atoms with van der Waals surface area (Å²) in [4.78, 5) is 0. The van der Waals surface area contributed by atoms with Crippen molar-refractivity contribution in [1.29, 1.82) is 0 Å². The Morgan fingerprint density at radius 2 is 1.38 bits per heavy atom. The lowest BCUT2D eigenvalue weighted by atomic mass is 10.2. The van der Waals surface area contributed by atoms with E-state index in [0.29, 0.717) is 0 Å². The molecule has 2 aromatic carbocycles. The van der Waals surface area contributed by atoms with E-state index in [1.807, 2.05) is 0 Å². The van der Waals surface area contributed by atoms with Crippen molar-refractivity contribution in [2.75, 3.05) is 18.1 Å². The Morgan fingerprint density at radius 3 is 1.90 bits per heavy atom. The van der Waals surface area contributed by atoms with E-state index in [0.717, 1.165) is 17.6 Å². The van der Waals surface area contributed by atoms with Crippen LogP contribution >= 0.6 is 23.5 Å². The van der Waals surface area contributed by atoms with Crippen LogP contribution in [0.3, 0.4) is 0 Å². The number of benzene rings is 2. The monoisotopic (exact) mass is 444 g/mol. The molecule has 0 spiro atoms. The van der Waals surface area contributed by atoms with Gasteiger partial charge in [-0.3, -0.25) is 0 Å². The average Bonchev–Trinajstić information content (AvgIpc) is 2.74. The van der Waals surface area contributed by atoms with Gasteiger partial charge in [-0.25, -0.2) is 0 Å². The molecule has 3 rings (SSSR count). The van der Waals surface area contributed by atoms with Gasteiger partial charge < -0.3 is 4.43 Å². The van der Waals surface area contributed by atoms with Crippen molar-refractivity contribution in [1.82, 2.24) is 0 Å². The lowest BCUT2D eigenvalue weighted by Crippen LogP contribution is -2.66. The van der Waals surface area contributed by atoms with Crippen LogP contribution in [0, 0.1) is 0 Å². The molecule has 1 saturated heterocycles. The minimum absolute atomic E-state index is 0.0745. The molecule has 0 atom stereocenters. The first-order valence-electron chi connectivity index (χ1n) is 11.0. The summed E-state index contributed by atoms with van der Waals surface area (Å²) in [5, 5.41) is 2.84. The summed E-state index contributed by atoms with van der Waals surface area (Å²) in [7, 11) is -2.35. The zero-order valence-electron chi connectivity index (χ0n) is 18.2. The highest BCUT2D eigenvalue weighted by molar-refractivity contribution is 8.17. The minimum atomic E-state index is -2.35. The molecule has 1 heterocycles. The molecular formula is C25H36OS2Si. The van der Waals surface area contributed by atoms with Crippen LogP contribution in [0.4, 0.5) is 0 Å². The van der Waals surface area contributed by atoms with Crippen molar-refractivity contribution in [3.05, 3.63) is 60.7 Å². The highest BCUT2D eigenvalue weighted by Crippen LogP contribution is 2.37. The maximum absolute atomic E-state index is 6.99. The minimum Gasteiger partial charge on any atom is -0.407 e. The number of thioether (sulfide) groups is 2. The zero-order chi connectivity index (χ0) is 20.6. The first kappa shape index (κ1) is 23.0. The van der Waals surface area contributed by atoms with Gasteiger partial charge in [0.2, 0.25) is 0 Å². The highest BCUT2D eigenvalue weighted by Gasteiger charge is 2.49. The molecule has 0 bridgehead atoms. The Bertz CT molecular complexity index is 669. The van der Waals surface area contributed by atoms with Crippen LogP contribution in [-0.4, -0.2) is 31.0 Å². The molecule has 2 aromatic rings. The predicted molar refractivity (Wildman–Crippen MR) is 135 cm³/mol. The summed E-state index contributed by atoms with van der Waals surface area (Å²) >= 11 is 4.34. The second kappa shape index (κ2) is 11.1. The molecule has 0 aliphatic carbocycles. The summed E-state index contributed by atoms with van der Waals surface area (Å²) < 4.78 is 7.82. The fourth-order valence-corrected chi connectivity index (χ4v) is 11.8. The second-order valence-electron chi connectivity index (χ2n) is 8.89. The Balaban J connectivity index is 1.67. The largest absolute Gasteiger partial charge is 0.407 e. The summed E-state index contributed by atoms with van der Waals surface area (Å²) in [6, 6.07) is 22.0. The van der Waals surface area contributed by atoms with Crippen LogP contribution < -0.4 is 10.4 Å². The van der Waals surface area contributed by atoms with Gasteiger partial charge in [-0.05, 0) is 46.2 Å². The van der Waals surface area contributed by atoms with E-state index >= 15 is 0 Å². The Labute approximate surface area is 187 Å². The fourth-order valence-electron chi connectivity index (χ4n) is 4.28. The Hall–Kier alpha value is -0.683. The number of hydrogen-bond donors (Lipinski definition) is 0. The number of hydrogen-bond acceptors (Lipinski definition) is 3. The van der Waals surface area contributed by atoms with Gasteiger partial charge in [-0.15, -0.1) is 23.5 Å². The van der Waals surface area contributed by atoms with Crippen LogP contribution in [0.1, 0.15) is 52.9 Å². The molecule has 0 saturated carbocycles. The van der Waals surface area contributed by atoms with Gasteiger partial charge >= 0.3 is 0 Å². The van der Waals surface area contributed by atoms with Crippen LogP contribution in [0.2, 0.25) is 5.04 Å². The van der Waals surface area contributed by atoms with Crippen LogP contribution in [-0.2, 0) is 4.43 Å². The Morgan fingerprint density at radius 1 is 0.828 bits per heavy atom. The van der Waals surface area contributed by atoms with Gasteiger partial charge in [-0.2, -0.15) is 0 Å². The molecule has 1 aliphatic rings. The van der Waals surface area contributed by atoms with Crippen LogP contribution in [0.15, 0.2) is 60.7 Å². The van der Waals surface area contributed by atoms with Crippen molar-refractivity contribution in [2.45, 2.75) is 62.5 Å². The van der Waals surface area contributed by atoms with E-state index in [1.54, 1.807) is 0 Å². The normalized spacial score (nSPS) is 16.1. The predicted octanol–water partition coefficient (Wildman–Crippen LogP) is 6.32. The fraction of sp³-hybridized carbons (Fsp3) is 0.520. The maximum Gasteiger partial charge on any atom is 0.261 e. The van der Waals surface area contributed by atoms with Gasteiger partial charge in [-0.1, -0.05) is 94.3 Å². The molecule has 0 amide bonds. The van der Waals surface area contributed by atoms with Gasteiger partial charge in [0, 0.05) is 6.61 Å². The molecule has 1 nitrogen and oxygen atoms in total. The van der Waals surface area contributed by atoms with E-state index in [1.165, 1.54) is 47.6 Å². The van der Waals surface area contributed by atoms with E-state index < -0.39 is 8.32 Å².